The largest absolute Gasteiger partial charge is 0.320 e. The van der Waals surface area contributed by atoms with Crippen molar-refractivity contribution >= 4 is 0 Å². The maximum Gasteiger partial charge on any atom is 0.0554 e. The third kappa shape index (κ3) is 3.36. The molecule has 1 nitrogen and oxygen atoms in total. The number of hydrogen-bond donors (Lipinski definition) is 1. The summed E-state index contributed by atoms with van der Waals surface area (Å²) in [5.74, 6) is 0. The summed E-state index contributed by atoms with van der Waals surface area (Å²) >= 11 is 0. The van der Waals surface area contributed by atoms with E-state index in [1.807, 2.05) is 0 Å². The number of benzene rings is 2. The van der Waals surface area contributed by atoms with Gasteiger partial charge < -0.3 is 5.73 Å². The summed E-state index contributed by atoms with van der Waals surface area (Å²) in [5, 5.41) is 0. The summed E-state index contributed by atoms with van der Waals surface area (Å²) in [6.07, 6.45) is 1.13. The Kier molecular flexibility index (Phi) is 4.53. The van der Waals surface area contributed by atoms with Crippen molar-refractivity contribution in [1.82, 2.24) is 0 Å². The Morgan fingerprint density at radius 1 is 1.00 bits per heavy atom. The first-order valence-corrected chi connectivity index (χ1v) is 7.78. The predicted octanol–water partition coefficient (Wildman–Crippen LogP) is 5.04. The molecular formula is C20H27N. The molecule has 0 aliphatic carbocycles. The Morgan fingerprint density at radius 3 is 2.19 bits per heavy atom. The molecule has 2 aromatic rings. The molecule has 0 saturated heterocycles. The fraction of sp³-hybridized carbons (Fsp3) is 0.400. The fourth-order valence-corrected chi connectivity index (χ4v) is 2.62. The van der Waals surface area contributed by atoms with Gasteiger partial charge in [0.15, 0.2) is 0 Å². The quantitative estimate of drug-likeness (QED) is 0.835. The minimum absolute atomic E-state index is 0.0521. The SMILES string of the molecule is CCC(C)(C)c1ccc(C(N)c2cc(C)ccc2C)cc1. The van der Waals surface area contributed by atoms with Crippen LogP contribution in [0.3, 0.4) is 0 Å². The van der Waals surface area contributed by atoms with Crippen LogP contribution in [0, 0.1) is 13.8 Å². The first-order valence-electron chi connectivity index (χ1n) is 7.78. The van der Waals surface area contributed by atoms with E-state index in [2.05, 4.69) is 77.1 Å². The first kappa shape index (κ1) is 15.8. The van der Waals surface area contributed by atoms with Crippen LogP contribution in [0.4, 0.5) is 0 Å². The maximum atomic E-state index is 6.48. The lowest BCUT2D eigenvalue weighted by atomic mass is 9.81. The summed E-state index contributed by atoms with van der Waals surface area (Å²) < 4.78 is 0. The van der Waals surface area contributed by atoms with Gasteiger partial charge in [0, 0.05) is 0 Å². The monoisotopic (exact) mass is 281 g/mol. The maximum absolute atomic E-state index is 6.48. The molecule has 0 aromatic heterocycles. The van der Waals surface area contributed by atoms with E-state index in [0.717, 1.165) is 6.42 Å². The minimum Gasteiger partial charge on any atom is -0.320 e. The van der Waals surface area contributed by atoms with Crippen molar-refractivity contribution in [2.24, 2.45) is 5.73 Å². The van der Waals surface area contributed by atoms with Gasteiger partial charge in [-0.2, -0.15) is 0 Å². The van der Waals surface area contributed by atoms with Gasteiger partial charge in [-0.1, -0.05) is 68.8 Å². The fourth-order valence-electron chi connectivity index (χ4n) is 2.62. The standard InChI is InChI=1S/C20H27N/c1-6-20(4,5)17-11-9-16(10-12-17)19(21)18-13-14(2)7-8-15(18)3/h7-13,19H,6,21H2,1-5H3. The van der Waals surface area contributed by atoms with Gasteiger partial charge >= 0.3 is 0 Å². The Morgan fingerprint density at radius 2 is 1.62 bits per heavy atom. The normalized spacial score (nSPS) is 13.2. The predicted molar refractivity (Wildman–Crippen MR) is 91.7 cm³/mol. The molecule has 21 heavy (non-hydrogen) atoms. The number of nitrogens with two attached hydrogens (primary N) is 1. The van der Waals surface area contributed by atoms with Crippen molar-refractivity contribution in [1.29, 1.82) is 0 Å². The van der Waals surface area contributed by atoms with Gasteiger partial charge in [0.05, 0.1) is 6.04 Å². The first-order chi connectivity index (χ1) is 9.85. The van der Waals surface area contributed by atoms with E-state index in [0.29, 0.717) is 0 Å². The van der Waals surface area contributed by atoms with E-state index in [9.17, 15) is 0 Å². The number of rotatable bonds is 4. The van der Waals surface area contributed by atoms with E-state index < -0.39 is 0 Å². The van der Waals surface area contributed by atoms with Crippen LogP contribution < -0.4 is 5.73 Å². The lowest BCUT2D eigenvalue weighted by Gasteiger charge is -2.24. The summed E-state index contributed by atoms with van der Waals surface area (Å²) in [5.41, 5.74) is 13.0. The van der Waals surface area contributed by atoms with E-state index in [-0.39, 0.29) is 11.5 Å². The van der Waals surface area contributed by atoms with E-state index >= 15 is 0 Å². The van der Waals surface area contributed by atoms with Crippen molar-refractivity contribution in [3.8, 4) is 0 Å². The van der Waals surface area contributed by atoms with Crippen molar-refractivity contribution in [3.63, 3.8) is 0 Å². The lowest BCUT2D eigenvalue weighted by Crippen LogP contribution is -2.17. The second-order valence-electron chi connectivity index (χ2n) is 6.70. The van der Waals surface area contributed by atoms with Crippen LogP contribution in [-0.4, -0.2) is 0 Å². The second kappa shape index (κ2) is 6.03. The molecule has 0 aliphatic rings. The van der Waals surface area contributed by atoms with Gasteiger partial charge in [-0.15, -0.1) is 0 Å². The number of aryl methyl sites for hydroxylation is 2. The average Bonchev–Trinajstić information content (AvgIpc) is 2.49. The van der Waals surface area contributed by atoms with Crippen molar-refractivity contribution < 1.29 is 0 Å². The zero-order chi connectivity index (χ0) is 15.6. The van der Waals surface area contributed by atoms with Gasteiger partial charge in [0.1, 0.15) is 0 Å². The molecule has 112 valence electrons. The summed E-state index contributed by atoms with van der Waals surface area (Å²) in [4.78, 5) is 0. The van der Waals surface area contributed by atoms with Crippen LogP contribution in [0.2, 0.25) is 0 Å². The third-order valence-electron chi connectivity index (χ3n) is 4.70. The molecule has 0 amide bonds. The zero-order valence-electron chi connectivity index (χ0n) is 13.9. The highest BCUT2D eigenvalue weighted by molar-refractivity contribution is 5.40. The van der Waals surface area contributed by atoms with Gasteiger partial charge in [-0.05, 0) is 47.9 Å². The summed E-state index contributed by atoms with van der Waals surface area (Å²) in [6, 6.07) is 15.2. The zero-order valence-corrected chi connectivity index (χ0v) is 13.9. The van der Waals surface area contributed by atoms with Crippen molar-refractivity contribution in [2.75, 3.05) is 0 Å². The molecule has 0 fully saturated rings. The van der Waals surface area contributed by atoms with E-state index in [1.54, 1.807) is 0 Å². The van der Waals surface area contributed by atoms with E-state index in [1.165, 1.54) is 27.8 Å². The Hall–Kier alpha value is -1.60. The molecule has 2 aromatic carbocycles. The molecule has 1 unspecified atom stereocenters. The van der Waals surface area contributed by atoms with Gasteiger partial charge in [0.25, 0.3) is 0 Å². The van der Waals surface area contributed by atoms with Gasteiger partial charge in [0.2, 0.25) is 0 Å². The molecular weight excluding hydrogens is 254 g/mol. The molecule has 0 heterocycles. The summed E-state index contributed by atoms with van der Waals surface area (Å²) in [6.45, 7) is 11.0. The molecule has 2 N–H and O–H groups in total. The highest BCUT2D eigenvalue weighted by Crippen LogP contribution is 2.29. The van der Waals surface area contributed by atoms with Crippen LogP contribution in [0.15, 0.2) is 42.5 Å². The lowest BCUT2D eigenvalue weighted by molar-refractivity contribution is 0.506. The van der Waals surface area contributed by atoms with Crippen LogP contribution in [0.5, 0.6) is 0 Å². The van der Waals surface area contributed by atoms with Gasteiger partial charge in [-0.3, -0.25) is 0 Å². The second-order valence-corrected chi connectivity index (χ2v) is 6.70. The average molecular weight is 281 g/mol. The smallest absolute Gasteiger partial charge is 0.0554 e. The van der Waals surface area contributed by atoms with Crippen LogP contribution in [0.1, 0.15) is 61.1 Å². The Labute approximate surface area is 129 Å². The molecule has 0 spiro atoms. The molecule has 1 heteroatoms. The van der Waals surface area contributed by atoms with Crippen LogP contribution >= 0.6 is 0 Å². The molecule has 0 saturated carbocycles. The van der Waals surface area contributed by atoms with Crippen LogP contribution in [0.25, 0.3) is 0 Å². The minimum atomic E-state index is -0.0521. The molecule has 0 bridgehead atoms. The molecule has 1 atom stereocenters. The topological polar surface area (TPSA) is 26.0 Å². The molecule has 0 aliphatic heterocycles. The molecule has 2 rings (SSSR count). The highest BCUT2D eigenvalue weighted by atomic mass is 14.6. The summed E-state index contributed by atoms with van der Waals surface area (Å²) in [7, 11) is 0. The third-order valence-corrected chi connectivity index (χ3v) is 4.70. The van der Waals surface area contributed by atoms with Crippen LogP contribution in [-0.2, 0) is 5.41 Å². The Balaban J connectivity index is 2.32. The van der Waals surface area contributed by atoms with Gasteiger partial charge in [-0.25, -0.2) is 0 Å². The highest BCUT2D eigenvalue weighted by Gasteiger charge is 2.18. The number of hydrogen-bond acceptors (Lipinski definition) is 1. The Bertz CT molecular complexity index is 608. The van der Waals surface area contributed by atoms with Crippen molar-refractivity contribution in [2.45, 2.75) is 52.5 Å². The van der Waals surface area contributed by atoms with Crippen molar-refractivity contribution in [3.05, 3.63) is 70.3 Å². The van der Waals surface area contributed by atoms with E-state index in [4.69, 9.17) is 5.73 Å². The molecule has 0 radical (unpaired) electrons.